The number of carbonyl (C=O) groups is 1. The number of nitrogens with zero attached hydrogens (tertiary/aromatic N) is 3. The van der Waals surface area contributed by atoms with E-state index in [2.05, 4.69) is 9.47 Å². The fraction of sp³-hybridized carbons (Fsp3) is 0.333. The van der Waals surface area contributed by atoms with Crippen molar-refractivity contribution in [2.24, 2.45) is 5.73 Å². The number of aromatic nitrogens is 2. The summed E-state index contributed by atoms with van der Waals surface area (Å²) in [5.74, 6) is 0.783. The highest BCUT2D eigenvalue weighted by molar-refractivity contribution is 6.18. The molecule has 0 radical (unpaired) electrons. The molecule has 0 bridgehead atoms. The summed E-state index contributed by atoms with van der Waals surface area (Å²) < 4.78 is 2.06. The van der Waals surface area contributed by atoms with Gasteiger partial charge < -0.3 is 15.7 Å². The SMILES string of the molecule is Cl.Cl.N[C@@H](CCc1nc2cc(N(CCCl)CCCl)ccc2n1-c1ccccc1)C(=O)O. The number of halogens is 4. The minimum absolute atomic E-state index is 0. The standard InChI is InChI=1S/C21H24Cl2N4O2.2ClH/c22-10-12-26(13-11-23)16-6-8-19-18(14-16)25-20(9-7-17(24)21(28)29)27(19)15-4-2-1-3-5-15;;/h1-6,8,14,17H,7,9-13,24H2,(H,28,29);2*1H/t17-;;/m0../s1. The van der Waals surface area contributed by atoms with Crippen LogP contribution in [0.5, 0.6) is 0 Å². The Labute approximate surface area is 204 Å². The summed E-state index contributed by atoms with van der Waals surface area (Å²) in [6, 6.07) is 15.1. The monoisotopic (exact) mass is 506 g/mol. The number of aryl methyl sites for hydroxylation is 1. The average molecular weight is 508 g/mol. The first-order valence-electron chi connectivity index (χ1n) is 9.47. The molecule has 170 valence electrons. The summed E-state index contributed by atoms with van der Waals surface area (Å²) in [7, 11) is 0. The van der Waals surface area contributed by atoms with Crippen molar-refractivity contribution in [1.29, 1.82) is 0 Å². The third kappa shape index (κ3) is 6.64. The van der Waals surface area contributed by atoms with Crippen molar-refractivity contribution in [3.05, 3.63) is 54.4 Å². The molecule has 3 aromatic rings. The fourth-order valence-electron chi connectivity index (χ4n) is 3.33. The van der Waals surface area contributed by atoms with Gasteiger partial charge >= 0.3 is 5.97 Å². The minimum atomic E-state index is -1.01. The summed E-state index contributed by atoms with van der Waals surface area (Å²) in [4.78, 5) is 18.0. The van der Waals surface area contributed by atoms with Crippen molar-refractivity contribution in [1.82, 2.24) is 9.55 Å². The lowest BCUT2D eigenvalue weighted by Crippen LogP contribution is -2.30. The van der Waals surface area contributed by atoms with Crippen LogP contribution in [-0.2, 0) is 11.2 Å². The second-order valence-electron chi connectivity index (χ2n) is 6.72. The molecule has 3 rings (SSSR count). The zero-order chi connectivity index (χ0) is 20.8. The first-order chi connectivity index (χ1) is 14.0. The molecule has 0 aliphatic carbocycles. The van der Waals surface area contributed by atoms with Gasteiger partial charge in [-0.15, -0.1) is 48.0 Å². The van der Waals surface area contributed by atoms with Gasteiger partial charge in [0.05, 0.1) is 11.0 Å². The van der Waals surface area contributed by atoms with E-state index in [4.69, 9.17) is 39.0 Å². The highest BCUT2D eigenvalue weighted by atomic mass is 35.5. The second-order valence-corrected chi connectivity index (χ2v) is 7.48. The molecular formula is C21H26Cl4N4O2. The number of para-hydroxylation sites is 1. The smallest absolute Gasteiger partial charge is 0.320 e. The van der Waals surface area contributed by atoms with Gasteiger partial charge in [-0.3, -0.25) is 9.36 Å². The van der Waals surface area contributed by atoms with Gasteiger partial charge in [0.1, 0.15) is 11.9 Å². The quantitative estimate of drug-likeness (QED) is 0.395. The van der Waals surface area contributed by atoms with E-state index in [9.17, 15) is 4.79 Å². The van der Waals surface area contributed by atoms with E-state index in [0.717, 1.165) is 28.2 Å². The Morgan fingerprint density at radius 1 is 1.10 bits per heavy atom. The minimum Gasteiger partial charge on any atom is -0.480 e. The van der Waals surface area contributed by atoms with Crippen LogP contribution in [0, 0.1) is 0 Å². The van der Waals surface area contributed by atoms with Crippen LogP contribution in [0.1, 0.15) is 12.2 Å². The van der Waals surface area contributed by atoms with Crippen LogP contribution >= 0.6 is 48.0 Å². The largest absolute Gasteiger partial charge is 0.480 e. The van der Waals surface area contributed by atoms with Crippen LogP contribution in [-0.4, -0.2) is 51.5 Å². The number of rotatable bonds is 10. The van der Waals surface area contributed by atoms with Gasteiger partial charge in [0.25, 0.3) is 0 Å². The van der Waals surface area contributed by atoms with Crippen LogP contribution in [0.3, 0.4) is 0 Å². The summed E-state index contributed by atoms with van der Waals surface area (Å²) in [6.07, 6.45) is 0.766. The summed E-state index contributed by atoms with van der Waals surface area (Å²) in [5.41, 5.74) is 9.47. The number of hydrogen-bond acceptors (Lipinski definition) is 4. The summed E-state index contributed by atoms with van der Waals surface area (Å²) >= 11 is 11.9. The van der Waals surface area contributed by atoms with Crippen LogP contribution in [0.15, 0.2) is 48.5 Å². The van der Waals surface area contributed by atoms with Crippen LogP contribution in [0.2, 0.25) is 0 Å². The van der Waals surface area contributed by atoms with Gasteiger partial charge in [-0.2, -0.15) is 0 Å². The Hall–Kier alpha value is -1.70. The van der Waals surface area contributed by atoms with Crippen molar-refractivity contribution in [2.75, 3.05) is 29.7 Å². The number of nitrogens with two attached hydrogens (primary N) is 1. The highest BCUT2D eigenvalue weighted by Gasteiger charge is 2.17. The molecule has 0 unspecified atom stereocenters. The topological polar surface area (TPSA) is 84.4 Å². The predicted octanol–water partition coefficient (Wildman–Crippen LogP) is 4.50. The lowest BCUT2D eigenvalue weighted by atomic mass is 10.1. The van der Waals surface area contributed by atoms with E-state index in [1.54, 1.807) is 0 Å². The van der Waals surface area contributed by atoms with Gasteiger partial charge in [0.15, 0.2) is 0 Å². The molecule has 0 saturated carbocycles. The third-order valence-corrected chi connectivity index (χ3v) is 5.13. The van der Waals surface area contributed by atoms with Crippen molar-refractivity contribution in [3.63, 3.8) is 0 Å². The zero-order valence-electron chi connectivity index (χ0n) is 16.8. The summed E-state index contributed by atoms with van der Waals surface area (Å²) in [6.45, 7) is 1.39. The van der Waals surface area contributed by atoms with Crippen LogP contribution in [0.25, 0.3) is 16.7 Å². The molecule has 0 aliphatic rings. The molecule has 0 amide bonds. The molecule has 6 nitrogen and oxygen atoms in total. The molecule has 3 N–H and O–H groups in total. The van der Waals surface area contributed by atoms with Crippen LogP contribution < -0.4 is 10.6 Å². The average Bonchev–Trinajstić information content (AvgIpc) is 3.09. The Balaban J connectivity index is 0.00000240. The van der Waals surface area contributed by atoms with Gasteiger partial charge in [0.2, 0.25) is 0 Å². The van der Waals surface area contributed by atoms with Gasteiger partial charge in [-0.05, 0) is 36.8 Å². The predicted molar refractivity (Wildman–Crippen MR) is 133 cm³/mol. The molecule has 0 saturated heterocycles. The van der Waals surface area contributed by atoms with Gasteiger partial charge in [-0.1, -0.05) is 18.2 Å². The third-order valence-electron chi connectivity index (χ3n) is 4.79. The van der Waals surface area contributed by atoms with E-state index in [-0.39, 0.29) is 24.8 Å². The Kier molecular flexibility index (Phi) is 11.5. The molecule has 0 aliphatic heterocycles. The zero-order valence-corrected chi connectivity index (χ0v) is 19.9. The van der Waals surface area contributed by atoms with Crippen molar-refractivity contribution in [2.45, 2.75) is 18.9 Å². The Bertz CT molecular complexity index is 963. The number of aliphatic carboxylic acids is 1. The fourth-order valence-corrected chi connectivity index (χ4v) is 3.74. The summed E-state index contributed by atoms with van der Waals surface area (Å²) in [5, 5.41) is 9.11. The number of imidazole rings is 1. The maximum Gasteiger partial charge on any atom is 0.320 e. The molecule has 0 spiro atoms. The van der Waals surface area contributed by atoms with E-state index >= 15 is 0 Å². The molecule has 0 fully saturated rings. The van der Waals surface area contributed by atoms with Crippen molar-refractivity contribution in [3.8, 4) is 5.69 Å². The number of hydrogen-bond donors (Lipinski definition) is 2. The number of anilines is 1. The number of carboxylic acid groups (broad SMARTS) is 1. The number of carboxylic acids is 1. The van der Waals surface area contributed by atoms with Crippen molar-refractivity contribution < 1.29 is 9.90 Å². The molecular weight excluding hydrogens is 482 g/mol. The van der Waals surface area contributed by atoms with Crippen LogP contribution in [0.4, 0.5) is 5.69 Å². The number of fused-ring (bicyclic) bond motifs is 1. The first kappa shape index (κ1) is 27.3. The maximum absolute atomic E-state index is 11.1. The number of benzene rings is 2. The molecule has 1 aromatic heterocycles. The lowest BCUT2D eigenvalue weighted by molar-refractivity contribution is -0.138. The normalized spacial score (nSPS) is 11.5. The Morgan fingerprint density at radius 3 is 2.32 bits per heavy atom. The first-order valence-corrected chi connectivity index (χ1v) is 10.5. The number of alkyl halides is 2. The van der Waals surface area contributed by atoms with E-state index < -0.39 is 12.0 Å². The highest BCUT2D eigenvalue weighted by Crippen LogP contribution is 2.27. The second kappa shape index (κ2) is 13.0. The van der Waals surface area contributed by atoms with Crippen molar-refractivity contribution >= 4 is 70.7 Å². The van der Waals surface area contributed by atoms with Gasteiger partial charge in [0, 0.05) is 42.6 Å². The van der Waals surface area contributed by atoms with E-state index in [0.29, 0.717) is 37.7 Å². The van der Waals surface area contributed by atoms with Gasteiger partial charge in [-0.25, -0.2) is 4.98 Å². The van der Waals surface area contributed by atoms with E-state index in [1.165, 1.54) is 0 Å². The molecule has 10 heteroatoms. The molecule has 2 aromatic carbocycles. The molecule has 1 heterocycles. The Morgan fingerprint density at radius 2 is 1.74 bits per heavy atom. The maximum atomic E-state index is 11.1. The molecule has 31 heavy (non-hydrogen) atoms. The lowest BCUT2D eigenvalue weighted by Gasteiger charge is -2.22. The molecule has 1 atom stereocenters. The van der Waals surface area contributed by atoms with E-state index in [1.807, 2.05) is 48.5 Å².